The van der Waals surface area contributed by atoms with Crippen LogP contribution in [0.25, 0.3) is 16.6 Å². The highest BCUT2D eigenvalue weighted by molar-refractivity contribution is 5.99. The highest BCUT2D eigenvalue weighted by Gasteiger charge is 2.43. The number of fused-ring (bicyclic) bond motifs is 6. The molecule has 2 atom stereocenters. The topological polar surface area (TPSA) is 76.5 Å². The third-order valence-corrected chi connectivity index (χ3v) is 6.98. The van der Waals surface area contributed by atoms with Gasteiger partial charge in [0.1, 0.15) is 17.2 Å². The third-order valence-electron chi connectivity index (χ3n) is 6.98. The molecule has 6 rings (SSSR count). The molecule has 0 spiro atoms. The first-order valence-electron chi connectivity index (χ1n) is 10.9. The number of imidazole rings is 1. The molecule has 174 valence electrons. The van der Waals surface area contributed by atoms with Crippen molar-refractivity contribution >= 4 is 28.3 Å². The number of alkyl halides is 3. The Labute approximate surface area is 191 Å². The largest absolute Gasteiger partial charge is 0.416 e. The highest BCUT2D eigenvalue weighted by Crippen LogP contribution is 2.47. The van der Waals surface area contributed by atoms with Crippen LogP contribution in [0.3, 0.4) is 0 Å². The van der Waals surface area contributed by atoms with Gasteiger partial charge in [-0.2, -0.15) is 13.2 Å². The molecule has 0 saturated carbocycles. The number of carbonyl (C=O) groups excluding carboxylic acids is 1. The van der Waals surface area contributed by atoms with E-state index in [9.17, 15) is 18.0 Å². The summed E-state index contributed by atoms with van der Waals surface area (Å²) in [5, 5.41) is 0. The van der Waals surface area contributed by atoms with E-state index in [1.165, 1.54) is 36.8 Å². The zero-order chi connectivity index (χ0) is 23.8. The molecule has 34 heavy (non-hydrogen) atoms. The Morgan fingerprint density at radius 1 is 1.15 bits per heavy atom. The van der Waals surface area contributed by atoms with Crippen molar-refractivity contribution in [3.05, 3.63) is 70.9 Å². The number of nitrogens with zero attached hydrogens (tertiary/aromatic N) is 4. The SMILES string of the molecule is Nc1nc2cc(F)c(C(=O)N3CCC[C@@H]4Cc5cc(C(F)(F)F)ccc5C43)cc2n2cncc12. The second-order valence-corrected chi connectivity index (χ2v) is 8.93. The summed E-state index contributed by atoms with van der Waals surface area (Å²) in [5.74, 6) is -1.02. The molecule has 1 aliphatic carbocycles. The minimum Gasteiger partial charge on any atom is -0.382 e. The zero-order valence-electron chi connectivity index (χ0n) is 17.8. The van der Waals surface area contributed by atoms with Crippen molar-refractivity contribution in [3.63, 3.8) is 0 Å². The summed E-state index contributed by atoms with van der Waals surface area (Å²) in [6.45, 7) is 0.401. The Kier molecular flexibility index (Phi) is 4.39. The monoisotopic (exact) mass is 469 g/mol. The number of amides is 1. The first-order chi connectivity index (χ1) is 16.2. The first-order valence-corrected chi connectivity index (χ1v) is 10.9. The van der Waals surface area contributed by atoms with Gasteiger partial charge in [-0.3, -0.25) is 9.20 Å². The molecule has 3 heterocycles. The van der Waals surface area contributed by atoms with Gasteiger partial charge < -0.3 is 10.6 Å². The number of carbonyl (C=O) groups is 1. The van der Waals surface area contributed by atoms with E-state index in [1.54, 1.807) is 9.30 Å². The van der Waals surface area contributed by atoms with Crippen molar-refractivity contribution in [1.29, 1.82) is 0 Å². The lowest BCUT2D eigenvalue weighted by Gasteiger charge is -2.38. The van der Waals surface area contributed by atoms with Crippen molar-refractivity contribution in [2.24, 2.45) is 5.92 Å². The second kappa shape index (κ2) is 7.15. The lowest BCUT2D eigenvalue weighted by molar-refractivity contribution is -0.137. The Morgan fingerprint density at radius 2 is 1.97 bits per heavy atom. The maximum atomic E-state index is 15.1. The number of benzene rings is 2. The fraction of sp³-hybridized carbons (Fsp3) is 0.292. The molecule has 6 nitrogen and oxygen atoms in total. The van der Waals surface area contributed by atoms with Crippen molar-refractivity contribution < 1.29 is 22.4 Å². The molecule has 2 aliphatic rings. The number of likely N-dealkylation sites (tertiary alicyclic amines) is 1. The van der Waals surface area contributed by atoms with Crippen LogP contribution in [-0.4, -0.2) is 31.7 Å². The van der Waals surface area contributed by atoms with Gasteiger partial charge in [-0.15, -0.1) is 0 Å². The van der Waals surface area contributed by atoms with Crippen LogP contribution in [0, 0.1) is 11.7 Å². The zero-order valence-corrected chi connectivity index (χ0v) is 17.8. The van der Waals surface area contributed by atoms with Gasteiger partial charge in [0.2, 0.25) is 0 Å². The van der Waals surface area contributed by atoms with Crippen LogP contribution in [0.4, 0.5) is 23.4 Å². The Balaban J connectivity index is 1.43. The lowest BCUT2D eigenvalue weighted by Crippen LogP contribution is -2.41. The minimum atomic E-state index is -4.43. The average Bonchev–Trinajstić information content (AvgIpc) is 3.42. The molecule has 1 aliphatic heterocycles. The molecular weight excluding hydrogens is 450 g/mol. The maximum absolute atomic E-state index is 15.1. The van der Waals surface area contributed by atoms with E-state index in [2.05, 4.69) is 9.97 Å². The molecule has 1 unspecified atom stereocenters. The number of nitrogens with two attached hydrogens (primary N) is 1. The molecule has 1 amide bonds. The molecule has 2 aromatic heterocycles. The Morgan fingerprint density at radius 3 is 2.76 bits per heavy atom. The molecule has 2 aromatic carbocycles. The van der Waals surface area contributed by atoms with Gasteiger partial charge in [0.15, 0.2) is 0 Å². The van der Waals surface area contributed by atoms with Gasteiger partial charge in [-0.1, -0.05) is 6.07 Å². The Bertz CT molecular complexity index is 1480. The summed E-state index contributed by atoms with van der Waals surface area (Å²) in [4.78, 5) is 23.5. The summed E-state index contributed by atoms with van der Waals surface area (Å²) >= 11 is 0. The average molecular weight is 469 g/mol. The number of nitrogen functional groups attached to an aromatic ring is 1. The van der Waals surface area contributed by atoms with Crippen LogP contribution < -0.4 is 5.73 Å². The van der Waals surface area contributed by atoms with E-state index in [0.29, 0.717) is 47.1 Å². The van der Waals surface area contributed by atoms with E-state index < -0.39 is 23.5 Å². The summed E-state index contributed by atoms with van der Waals surface area (Å²) in [5.41, 5.74) is 7.75. The van der Waals surface area contributed by atoms with Gasteiger partial charge in [-0.05, 0) is 54.5 Å². The Hall–Kier alpha value is -3.69. The number of rotatable bonds is 1. The number of anilines is 1. The van der Waals surface area contributed by atoms with Gasteiger partial charge in [0, 0.05) is 12.6 Å². The van der Waals surface area contributed by atoms with Crippen LogP contribution in [0.5, 0.6) is 0 Å². The minimum absolute atomic E-state index is 0.00141. The normalized spacial score (nSPS) is 20.1. The third kappa shape index (κ3) is 3.04. The fourth-order valence-electron chi connectivity index (χ4n) is 5.48. The summed E-state index contributed by atoms with van der Waals surface area (Å²) in [6.07, 6.45) is 0.585. The number of aromatic nitrogens is 3. The molecule has 1 fully saturated rings. The van der Waals surface area contributed by atoms with Crippen LogP contribution in [0.2, 0.25) is 0 Å². The van der Waals surface area contributed by atoms with Gasteiger partial charge >= 0.3 is 6.18 Å². The predicted molar refractivity (Wildman–Crippen MR) is 117 cm³/mol. The number of halogens is 4. The standard InChI is InChI=1S/C24H19F4N5O/c25-17-9-18-19(33-11-30-10-20(33)22(29)31-18)8-16(17)23(34)32-5-1-2-12-6-13-7-14(24(26,27)28)3-4-15(13)21(12)32/h3-4,7-12,21H,1-2,5-6H2,(H2,29,31)/t12-,21?/m1/s1. The molecule has 0 radical (unpaired) electrons. The second-order valence-electron chi connectivity index (χ2n) is 8.93. The number of piperidine rings is 1. The van der Waals surface area contributed by atoms with Gasteiger partial charge in [-0.25, -0.2) is 14.4 Å². The number of hydrogen-bond acceptors (Lipinski definition) is 4. The smallest absolute Gasteiger partial charge is 0.382 e. The molecule has 0 bridgehead atoms. The molecule has 4 aromatic rings. The van der Waals surface area contributed by atoms with E-state index in [0.717, 1.165) is 12.5 Å². The number of hydrogen-bond donors (Lipinski definition) is 1. The van der Waals surface area contributed by atoms with Gasteiger partial charge in [0.25, 0.3) is 5.91 Å². The van der Waals surface area contributed by atoms with E-state index in [4.69, 9.17) is 5.73 Å². The van der Waals surface area contributed by atoms with E-state index in [1.807, 2.05) is 0 Å². The van der Waals surface area contributed by atoms with E-state index >= 15 is 4.39 Å². The predicted octanol–water partition coefficient (Wildman–Crippen LogP) is 4.77. The summed E-state index contributed by atoms with van der Waals surface area (Å²) in [7, 11) is 0. The van der Waals surface area contributed by atoms with Crippen molar-refractivity contribution in [3.8, 4) is 0 Å². The van der Waals surface area contributed by atoms with Crippen LogP contribution in [-0.2, 0) is 12.6 Å². The summed E-state index contributed by atoms with van der Waals surface area (Å²) in [6, 6.07) is 5.94. The van der Waals surface area contributed by atoms with Crippen LogP contribution in [0.15, 0.2) is 42.9 Å². The molecule has 1 saturated heterocycles. The molecule has 2 N–H and O–H groups in total. The fourth-order valence-corrected chi connectivity index (χ4v) is 5.48. The van der Waals surface area contributed by atoms with E-state index in [-0.39, 0.29) is 23.3 Å². The summed E-state index contributed by atoms with van der Waals surface area (Å²) < 4.78 is 56.4. The molecular formula is C24H19F4N5O. The van der Waals surface area contributed by atoms with Gasteiger partial charge in [0.05, 0.1) is 40.7 Å². The van der Waals surface area contributed by atoms with Crippen molar-refractivity contribution in [1.82, 2.24) is 19.3 Å². The van der Waals surface area contributed by atoms with Crippen molar-refractivity contribution in [2.45, 2.75) is 31.5 Å². The highest BCUT2D eigenvalue weighted by atomic mass is 19.4. The first kappa shape index (κ1) is 20.9. The maximum Gasteiger partial charge on any atom is 0.416 e. The lowest BCUT2D eigenvalue weighted by atomic mass is 9.89. The van der Waals surface area contributed by atoms with Crippen LogP contribution >= 0.6 is 0 Å². The quantitative estimate of drug-likeness (QED) is 0.408. The van der Waals surface area contributed by atoms with Crippen molar-refractivity contribution in [2.75, 3.05) is 12.3 Å². The van der Waals surface area contributed by atoms with Crippen LogP contribution in [0.1, 0.15) is 45.9 Å². The molecule has 10 heteroatoms.